The third-order valence-corrected chi connectivity index (χ3v) is 4.01. The molecule has 0 radical (unpaired) electrons. The van der Waals surface area contributed by atoms with Crippen LogP contribution in [0.25, 0.3) is 0 Å². The molecule has 2 atom stereocenters. The van der Waals surface area contributed by atoms with Crippen LogP contribution in [0, 0.1) is 11.8 Å². The van der Waals surface area contributed by atoms with E-state index in [0.29, 0.717) is 6.42 Å². The zero-order valence-electron chi connectivity index (χ0n) is 8.52. The third-order valence-electron chi connectivity index (χ3n) is 2.96. The Morgan fingerprint density at radius 1 is 1.20 bits per heavy atom. The topological polar surface area (TPSA) is 57.6 Å². The van der Waals surface area contributed by atoms with Crippen molar-refractivity contribution in [2.45, 2.75) is 12.8 Å². The van der Waals surface area contributed by atoms with E-state index in [0.717, 1.165) is 31.0 Å². The number of hydrogen-bond acceptors (Lipinski definition) is 3. The Hall–Kier alpha value is -0.710. The fourth-order valence-corrected chi connectivity index (χ4v) is 2.83. The Morgan fingerprint density at radius 2 is 2.00 bits per heavy atom. The summed E-state index contributed by atoms with van der Waals surface area (Å²) in [5, 5.41) is 8.75. The first-order chi connectivity index (χ1) is 7.20. The van der Waals surface area contributed by atoms with Gasteiger partial charge in [-0.05, 0) is 18.6 Å². The van der Waals surface area contributed by atoms with Crippen LogP contribution in [0.1, 0.15) is 12.8 Å². The van der Waals surface area contributed by atoms with Crippen molar-refractivity contribution in [1.29, 1.82) is 0 Å². The van der Waals surface area contributed by atoms with Gasteiger partial charge in [-0.15, -0.1) is 0 Å². The van der Waals surface area contributed by atoms with Gasteiger partial charge in [0.15, 0.2) is 0 Å². The average Bonchev–Trinajstić information content (AvgIpc) is 3.02. The van der Waals surface area contributed by atoms with Crippen molar-refractivity contribution in [2.75, 3.05) is 24.6 Å². The predicted molar refractivity (Wildman–Crippen MR) is 57.8 cm³/mol. The van der Waals surface area contributed by atoms with Gasteiger partial charge in [-0.2, -0.15) is 11.8 Å². The smallest absolute Gasteiger partial charge is 0.307 e. The normalized spacial score (nSPS) is 30.8. The molecule has 2 rings (SSSR count). The number of aliphatic carboxylic acids is 1. The number of amides is 1. The van der Waals surface area contributed by atoms with Gasteiger partial charge >= 0.3 is 5.97 Å². The predicted octanol–water partition coefficient (Wildman–Crippen LogP) is 0.673. The molecule has 0 aromatic carbocycles. The number of carbonyl (C=O) groups is 2. The molecule has 84 valence electrons. The van der Waals surface area contributed by atoms with E-state index in [9.17, 15) is 9.59 Å². The molecule has 15 heavy (non-hydrogen) atoms. The molecule has 1 amide bonds. The van der Waals surface area contributed by atoms with Crippen LogP contribution in [0.15, 0.2) is 0 Å². The number of rotatable bonds is 2. The molecule has 0 aromatic heterocycles. The maximum absolute atomic E-state index is 11.9. The third kappa shape index (κ3) is 2.45. The highest BCUT2D eigenvalue weighted by atomic mass is 32.2. The van der Waals surface area contributed by atoms with E-state index < -0.39 is 11.9 Å². The molecule has 2 fully saturated rings. The first-order valence-corrected chi connectivity index (χ1v) is 6.45. The van der Waals surface area contributed by atoms with Crippen molar-refractivity contribution in [3.05, 3.63) is 0 Å². The van der Waals surface area contributed by atoms with Crippen LogP contribution < -0.4 is 0 Å². The lowest BCUT2D eigenvalue weighted by atomic mass is 10.2. The second kappa shape index (κ2) is 4.43. The van der Waals surface area contributed by atoms with Crippen molar-refractivity contribution in [2.24, 2.45) is 11.8 Å². The summed E-state index contributed by atoms with van der Waals surface area (Å²) >= 11 is 1.87. The van der Waals surface area contributed by atoms with Crippen LogP contribution in [0.4, 0.5) is 0 Å². The van der Waals surface area contributed by atoms with Gasteiger partial charge in [0.05, 0.1) is 11.8 Å². The summed E-state index contributed by atoms with van der Waals surface area (Å²) in [6, 6.07) is 0. The Bertz CT molecular complexity index is 274. The molecular formula is C10H15NO3S. The second-order valence-corrected chi connectivity index (χ2v) is 5.30. The molecule has 1 saturated carbocycles. The first kappa shape index (κ1) is 10.8. The molecule has 1 aliphatic carbocycles. The minimum Gasteiger partial charge on any atom is -0.481 e. The van der Waals surface area contributed by atoms with Gasteiger partial charge in [0.1, 0.15) is 0 Å². The van der Waals surface area contributed by atoms with E-state index in [1.165, 1.54) is 0 Å². The van der Waals surface area contributed by atoms with Crippen molar-refractivity contribution in [1.82, 2.24) is 4.90 Å². The van der Waals surface area contributed by atoms with Crippen molar-refractivity contribution < 1.29 is 14.7 Å². The Labute approximate surface area is 93.0 Å². The van der Waals surface area contributed by atoms with E-state index in [1.807, 2.05) is 16.7 Å². The molecule has 1 aliphatic heterocycles. The zero-order valence-corrected chi connectivity index (χ0v) is 9.33. The lowest BCUT2D eigenvalue weighted by molar-refractivity contribution is -0.141. The van der Waals surface area contributed by atoms with Crippen LogP contribution in [-0.2, 0) is 9.59 Å². The van der Waals surface area contributed by atoms with Crippen LogP contribution in [0.5, 0.6) is 0 Å². The monoisotopic (exact) mass is 229 g/mol. The molecular weight excluding hydrogens is 214 g/mol. The summed E-state index contributed by atoms with van der Waals surface area (Å²) in [5.41, 5.74) is 0. The van der Waals surface area contributed by atoms with Gasteiger partial charge in [-0.3, -0.25) is 9.59 Å². The minimum absolute atomic E-state index is 0.0601. The van der Waals surface area contributed by atoms with Crippen LogP contribution in [0.3, 0.4) is 0 Å². The molecule has 0 aromatic rings. The van der Waals surface area contributed by atoms with Crippen molar-refractivity contribution in [3.63, 3.8) is 0 Å². The highest BCUT2D eigenvalue weighted by Gasteiger charge is 2.49. The lowest BCUT2D eigenvalue weighted by Crippen LogP contribution is -2.34. The molecule has 0 spiro atoms. The molecule has 2 unspecified atom stereocenters. The molecule has 1 N–H and O–H groups in total. The molecule has 5 heteroatoms. The fraction of sp³-hybridized carbons (Fsp3) is 0.800. The summed E-state index contributed by atoms with van der Waals surface area (Å²) in [6.45, 7) is 1.58. The molecule has 2 aliphatic rings. The molecule has 4 nitrogen and oxygen atoms in total. The fourth-order valence-electron chi connectivity index (χ4n) is 1.94. The number of nitrogens with zero attached hydrogens (tertiary/aromatic N) is 1. The molecule has 1 saturated heterocycles. The molecule has 1 heterocycles. The summed E-state index contributed by atoms with van der Waals surface area (Å²) < 4.78 is 0. The van der Waals surface area contributed by atoms with Gasteiger partial charge in [0, 0.05) is 18.8 Å². The van der Waals surface area contributed by atoms with E-state index in [1.54, 1.807) is 0 Å². The van der Waals surface area contributed by atoms with E-state index in [-0.39, 0.29) is 11.8 Å². The first-order valence-electron chi connectivity index (χ1n) is 5.29. The quantitative estimate of drug-likeness (QED) is 0.756. The van der Waals surface area contributed by atoms with Gasteiger partial charge in [0.25, 0.3) is 0 Å². The van der Waals surface area contributed by atoms with Gasteiger partial charge in [-0.1, -0.05) is 0 Å². The number of thioether (sulfide) groups is 1. The summed E-state index contributed by atoms with van der Waals surface area (Å²) in [4.78, 5) is 24.4. The van der Waals surface area contributed by atoms with Crippen molar-refractivity contribution >= 4 is 23.6 Å². The van der Waals surface area contributed by atoms with Gasteiger partial charge in [-0.25, -0.2) is 0 Å². The van der Waals surface area contributed by atoms with Crippen molar-refractivity contribution in [3.8, 4) is 0 Å². The van der Waals surface area contributed by atoms with Gasteiger partial charge < -0.3 is 10.0 Å². The van der Waals surface area contributed by atoms with Crippen LogP contribution >= 0.6 is 11.8 Å². The van der Waals surface area contributed by atoms with E-state index in [2.05, 4.69) is 0 Å². The summed E-state index contributed by atoms with van der Waals surface area (Å²) in [7, 11) is 0. The van der Waals surface area contributed by atoms with E-state index in [4.69, 9.17) is 5.11 Å². The Balaban J connectivity index is 1.88. The summed E-state index contributed by atoms with van der Waals surface area (Å²) in [6.07, 6.45) is 1.57. The number of carboxylic acids is 1. The van der Waals surface area contributed by atoms with Crippen LogP contribution in [0.2, 0.25) is 0 Å². The standard InChI is InChI=1S/C10H15NO3S/c12-9(7-6-8(7)10(13)14)11-2-1-4-15-5-3-11/h7-8H,1-6H2,(H,13,14). The molecule has 0 bridgehead atoms. The van der Waals surface area contributed by atoms with Gasteiger partial charge in [0.2, 0.25) is 5.91 Å². The number of hydrogen-bond donors (Lipinski definition) is 1. The Morgan fingerprint density at radius 3 is 2.67 bits per heavy atom. The average molecular weight is 229 g/mol. The maximum atomic E-state index is 11.9. The minimum atomic E-state index is -0.822. The lowest BCUT2D eigenvalue weighted by Gasteiger charge is -2.19. The Kier molecular flexibility index (Phi) is 3.19. The van der Waals surface area contributed by atoms with Crippen LogP contribution in [-0.4, -0.2) is 46.5 Å². The second-order valence-electron chi connectivity index (χ2n) is 4.08. The number of carbonyl (C=O) groups excluding carboxylic acids is 1. The number of carboxylic acid groups (broad SMARTS) is 1. The highest BCUT2D eigenvalue weighted by molar-refractivity contribution is 7.99. The largest absolute Gasteiger partial charge is 0.481 e. The summed E-state index contributed by atoms with van der Waals surface area (Å²) in [5.74, 6) is 0.689. The maximum Gasteiger partial charge on any atom is 0.307 e. The SMILES string of the molecule is O=C(O)C1CC1C(=O)N1CCCSCC1. The van der Waals surface area contributed by atoms with E-state index >= 15 is 0 Å². The zero-order chi connectivity index (χ0) is 10.8. The highest BCUT2D eigenvalue weighted by Crippen LogP contribution is 2.40.